The van der Waals surface area contributed by atoms with Crippen LogP contribution in [0.5, 0.6) is 0 Å². The lowest BCUT2D eigenvalue weighted by Gasteiger charge is -2.26. The maximum atomic E-state index is 5.30. The Kier molecular flexibility index (Phi) is 4.84. The molecular weight excluding hydrogens is 220 g/mol. The zero-order chi connectivity index (χ0) is 11.9. The average molecular weight is 240 g/mol. The highest BCUT2D eigenvalue weighted by Crippen LogP contribution is 1.97. The molecule has 7 nitrogen and oxygen atoms in total. The summed E-state index contributed by atoms with van der Waals surface area (Å²) < 4.78 is 5.30. The number of aryl methyl sites for hydroxylation is 1. The Hall–Kier alpha value is -1.05. The fourth-order valence-electron chi connectivity index (χ4n) is 1.85. The standard InChI is InChI=1S/C10H20N6O/c1-15-13-10(12-14-15)9-11-3-2-4-16-5-7-17-8-6-16/h11H,2-9H2,1H3. The van der Waals surface area contributed by atoms with Crippen molar-refractivity contribution in [2.45, 2.75) is 13.0 Å². The second kappa shape index (κ2) is 6.63. The average Bonchev–Trinajstić information content (AvgIpc) is 2.76. The van der Waals surface area contributed by atoms with E-state index in [1.807, 2.05) is 0 Å². The zero-order valence-corrected chi connectivity index (χ0v) is 10.3. The fraction of sp³-hybridized carbons (Fsp3) is 0.900. The number of tetrazole rings is 1. The third-order valence-corrected chi connectivity index (χ3v) is 2.76. The van der Waals surface area contributed by atoms with E-state index < -0.39 is 0 Å². The van der Waals surface area contributed by atoms with Crippen molar-refractivity contribution in [2.24, 2.45) is 7.05 Å². The van der Waals surface area contributed by atoms with E-state index in [-0.39, 0.29) is 0 Å². The van der Waals surface area contributed by atoms with Crippen LogP contribution in [-0.4, -0.2) is 64.5 Å². The van der Waals surface area contributed by atoms with E-state index >= 15 is 0 Å². The van der Waals surface area contributed by atoms with E-state index in [2.05, 4.69) is 25.6 Å². The molecule has 0 atom stereocenters. The summed E-state index contributed by atoms with van der Waals surface area (Å²) in [6.07, 6.45) is 1.14. The molecule has 0 saturated carbocycles. The molecule has 2 rings (SSSR count). The summed E-state index contributed by atoms with van der Waals surface area (Å²) in [4.78, 5) is 3.91. The molecule has 1 aromatic heterocycles. The van der Waals surface area contributed by atoms with Gasteiger partial charge in [0, 0.05) is 13.1 Å². The SMILES string of the molecule is Cn1nnc(CNCCCN2CCOCC2)n1. The van der Waals surface area contributed by atoms with Gasteiger partial charge in [-0.05, 0) is 24.7 Å². The summed E-state index contributed by atoms with van der Waals surface area (Å²) in [5, 5.41) is 15.1. The van der Waals surface area contributed by atoms with E-state index in [1.54, 1.807) is 7.05 Å². The van der Waals surface area contributed by atoms with Crippen LogP contribution in [-0.2, 0) is 18.3 Å². The van der Waals surface area contributed by atoms with Crippen molar-refractivity contribution in [3.8, 4) is 0 Å². The number of morpholine rings is 1. The summed E-state index contributed by atoms with van der Waals surface area (Å²) in [5.41, 5.74) is 0. The Morgan fingerprint density at radius 3 is 2.88 bits per heavy atom. The Balaban J connectivity index is 1.51. The molecule has 7 heteroatoms. The topological polar surface area (TPSA) is 68.1 Å². The van der Waals surface area contributed by atoms with Crippen LogP contribution in [0.4, 0.5) is 0 Å². The molecule has 0 amide bonds. The Morgan fingerprint density at radius 2 is 2.18 bits per heavy atom. The van der Waals surface area contributed by atoms with Gasteiger partial charge in [0.25, 0.3) is 0 Å². The smallest absolute Gasteiger partial charge is 0.188 e. The Bertz CT molecular complexity index is 322. The molecule has 0 spiro atoms. The number of aromatic nitrogens is 4. The van der Waals surface area contributed by atoms with Crippen LogP contribution >= 0.6 is 0 Å². The summed E-state index contributed by atoms with van der Waals surface area (Å²) in [6, 6.07) is 0. The van der Waals surface area contributed by atoms with Gasteiger partial charge in [-0.1, -0.05) is 0 Å². The predicted octanol–water partition coefficient (Wildman–Crippen LogP) is -0.978. The maximum Gasteiger partial charge on any atom is 0.188 e. The van der Waals surface area contributed by atoms with Gasteiger partial charge >= 0.3 is 0 Å². The van der Waals surface area contributed by atoms with Gasteiger partial charge in [-0.15, -0.1) is 10.2 Å². The van der Waals surface area contributed by atoms with Crippen molar-refractivity contribution >= 4 is 0 Å². The van der Waals surface area contributed by atoms with Crippen molar-refractivity contribution in [3.05, 3.63) is 5.82 Å². The van der Waals surface area contributed by atoms with Crippen molar-refractivity contribution in [3.63, 3.8) is 0 Å². The first-order chi connectivity index (χ1) is 8.34. The molecule has 1 saturated heterocycles. The van der Waals surface area contributed by atoms with Gasteiger partial charge in [0.05, 0.1) is 26.8 Å². The van der Waals surface area contributed by atoms with Crippen molar-refractivity contribution < 1.29 is 4.74 Å². The van der Waals surface area contributed by atoms with Crippen LogP contribution in [0.25, 0.3) is 0 Å². The van der Waals surface area contributed by atoms with Crippen LogP contribution in [0.15, 0.2) is 0 Å². The lowest BCUT2D eigenvalue weighted by molar-refractivity contribution is 0.0374. The minimum absolute atomic E-state index is 0.691. The van der Waals surface area contributed by atoms with Crippen LogP contribution in [0, 0.1) is 0 Å². The van der Waals surface area contributed by atoms with E-state index in [4.69, 9.17) is 4.74 Å². The predicted molar refractivity (Wildman–Crippen MR) is 62.4 cm³/mol. The monoisotopic (exact) mass is 240 g/mol. The largest absolute Gasteiger partial charge is 0.379 e. The summed E-state index contributed by atoms with van der Waals surface area (Å²) >= 11 is 0. The molecule has 2 heterocycles. The number of hydrogen-bond acceptors (Lipinski definition) is 6. The van der Waals surface area contributed by atoms with Crippen LogP contribution < -0.4 is 5.32 Å². The Labute approximate surface area is 101 Å². The molecule has 1 aliphatic heterocycles. The van der Waals surface area contributed by atoms with Crippen molar-refractivity contribution in [2.75, 3.05) is 39.4 Å². The molecule has 1 N–H and O–H groups in total. The highest BCUT2D eigenvalue weighted by atomic mass is 16.5. The van der Waals surface area contributed by atoms with Gasteiger partial charge in [-0.3, -0.25) is 4.90 Å². The first-order valence-corrected chi connectivity index (χ1v) is 6.08. The first kappa shape index (κ1) is 12.4. The number of rotatable bonds is 6. The third kappa shape index (κ3) is 4.37. The highest BCUT2D eigenvalue weighted by Gasteiger charge is 2.08. The van der Waals surface area contributed by atoms with Gasteiger partial charge in [0.1, 0.15) is 0 Å². The lowest BCUT2D eigenvalue weighted by Crippen LogP contribution is -2.37. The van der Waals surface area contributed by atoms with Gasteiger partial charge < -0.3 is 10.1 Å². The van der Waals surface area contributed by atoms with Crippen LogP contribution in [0.1, 0.15) is 12.2 Å². The second-order valence-corrected chi connectivity index (χ2v) is 4.18. The number of ether oxygens (including phenoxy) is 1. The second-order valence-electron chi connectivity index (χ2n) is 4.18. The molecule has 0 aromatic carbocycles. The van der Waals surface area contributed by atoms with Crippen LogP contribution in [0.2, 0.25) is 0 Å². The van der Waals surface area contributed by atoms with Crippen molar-refractivity contribution in [1.82, 2.24) is 30.4 Å². The number of hydrogen-bond donors (Lipinski definition) is 1. The maximum absolute atomic E-state index is 5.30. The zero-order valence-electron chi connectivity index (χ0n) is 10.3. The summed E-state index contributed by atoms with van der Waals surface area (Å²) in [7, 11) is 1.77. The molecule has 96 valence electrons. The van der Waals surface area contributed by atoms with Gasteiger partial charge in [-0.25, -0.2) is 0 Å². The minimum atomic E-state index is 0.691. The Morgan fingerprint density at radius 1 is 1.35 bits per heavy atom. The summed E-state index contributed by atoms with van der Waals surface area (Å²) in [6.45, 7) is 6.67. The van der Waals surface area contributed by atoms with E-state index in [9.17, 15) is 0 Å². The molecule has 17 heavy (non-hydrogen) atoms. The van der Waals surface area contributed by atoms with E-state index in [0.29, 0.717) is 6.54 Å². The van der Waals surface area contributed by atoms with E-state index in [0.717, 1.165) is 51.6 Å². The van der Waals surface area contributed by atoms with Crippen molar-refractivity contribution in [1.29, 1.82) is 0 Å². The number of nitrogens with zero attached hydrogens (tertiary/aromatic N) is 5. The lowest BCUT2D eigenvalue weighted by atomic mass is 10.3. The molecule has 0 radical (unpaired) electrons. The van der Waals surface area contributed by atoms with Gasteiger partial charge in [0.2, 0.25) is 0 Å². The van der Waals surface area contributed by atoms with E-state index in [1.165, 1.54) is 4.80 Å². The highest BCUT2D eigenvalue weighted by molar-refractivity contribution is 4.74. The van der Waals surface area contributed by atoms with Gasteiger partial charge in [-0.2, -0.15) is 4.80 Å². The minimum Gasteiger partial charge on any atom is -0.379 e. The molecular formula is C10H20N6O. The fourth-order valence-corrected chi connectivity index (χ4v) is 1.85. The normalized spacial score (nSPS) is 17.5. The third-order valence-electron chi connectivity index (χ3n) is 2.76. The molecule has 0 unspecified atom stereocenters. The number of nitrogens with one attached hydrogen (secondary N) is 1. The first-order valence-electron chi connectivity index (χ1n) is 6.08. The molecule has 0 aliphatic carbocycles. The molecule has 1 aromatic rings. The molecule has 1 fully saturated rings. The summed E-state index contributed by atoms with van der Waals surface area (Å²) in [5.74, 6) is 0.749. The molecule has 1 aliphatic rings. The molecule has 0 bridgehead atoms. The van der Waals surface area contributed by atoms with Crippen LogP contribution in [0.3, 0.4) is 0 Å². The quantitative estimate of drug-likeness (QED) is 0.645. The van der Waals surface area contributed by atoms with Gasteiger partial charge in [0.15, 0.2) is 5.82 Å².